The van der Waals surface area contributed by atoms with Gasteiger partial charge in [0.25, 0.3) is 0 Å². The van der Waals surface area contributed by atoms with E-state index >= 15 is 0 Å². The van der Waals surface area contributed by atoms with Crippen molar-refractivity contribution >= 4 is 16.4 Å². The molecule has 12 nitrogen and oxygen atoms in total. The van der Waals surface area contributed by atoms with Crippen molar-refractivity contribution in [1.29, 1.82) is 0 Å². The van der Waals surface area contributed by atoms with E-state index in [2.05, 4.69) is 90.9 Å². The third kappa shape index (κ3) is 38.0. The number of esters is 1. The molecular weight excluding hydrogens is 873 g/mol. The summed E-state index contributed by atoms with van der Waals surface area (Å²) in [5, 5.41) is 30.7. The first kappa shape index (κ1) is 62.6. The monoisotopic (exact) mass is 967 g/mol. The summed E-state index contributed by atoms with van der Waals surface area (Å²) in [6, 6.07) is 0. The lowest BCUT2D eigenvalue weighted by atomic mass is 9.99. The zero-order valence-corrected chi connectivity index (χ0v) is 42.5. The van der Waals surface area contributed by atoms with Gasteiger partial charge in [0, 0.05) is 13.0 Å². The van der Waals surface area contributed by atoms with E-state index < -0.39 is 59.8 Å². The molecule has 0 aromatic carbocycles. The summed E-state index contributed by atoms with van der Waals surface area (Å²) in [5.41, 5.74) is 0. The number of aliphatic hydroxyl groups excluding tert-OH is 3. The number of unbranched alkanes of at least 4 members (excludes halogenated alkanes) is 20. The second kappa shape index (κ2) is 44.7. The Morgan fingerprint density at radius 2 is 1.03 bits per heavy atom. The van der Waals surface area contributed by atoms with Gasteiger partial charge in [0.15, 0.2) is 6.29 Å². The van der Waals surface area contributed by atoms with E-state index in [1.807, 2.05) is 0 Å². The number of carbonyl (C=O) groups excluding carboxylic acids is 1. The van der Waals surface area contributed by atoms with Crippen molar-refractivity contribution in [2.24, 2.45) is 0 Å². The minimum absolute atomic E-state index is 0.0267. The smallest absolute Gasteiger partial charge is 0.397 e. The molecule has 0 bridgehead atoms. The Bertz CT molecular complexity index is 1440. The molecular formula is C54H94O12S. The maximum atomic E-state index is 12.9. The molecule has 0 aliphatic carbocycles. The van der Waals surface area contributed by atoms with Gasteiger partial charge < -0.3 is 34.3 Å². The third-order valence-corrected chi connectivity index (χ3v) is 12.0. The summed E-state index contributed by atoms with van der Waals surface area (Å²) in [5.74, 6) is -0.411. The first-order valence-corrected chi connectivity index (χ1v) is 27.6. The minimum Gasteiger partial charge on any atom is -0.457 e. The quantitative estimate of drug-likeness (QED) is 0.0197. The molecule has 0 amide bonds. The van der Waals surface area contributed by atoms with Crippen molar-refractivity contribution in [3.05, 3.63) is 72.9 Å². The second-order valence-corrected chi connectivity index (χ2v) is 18.8. The Labute approximate surface area is 407 Å². The van der Waals surface area contributed by atoms with Crippen LogP contribution in [0, 0.1) is 0 Å². The van der Waals surface area contributed by atoms with Crippen LogP contribution in [0.5, 0.6) is 0 Å². The van der Waals surface area contributed by atoms with Crippen LogP contribution in [-0.2, 0) is 38.3 Å². The molecule has 0 aromatic rings. The maximum Gasteiger partial charge on any atom is 0.397 e. The van der Waals surface area contributed by atoms with E-state index in [9.17, 15) is 33.1 Å². The molecule has 13 heteroatoms. The lowest BCUT2D eigenvalue weighted by Crippen LogP contribution is -2.60. The fourth-order valence-corrected chi connectivity index (χ4v) is 8.14. The molecule has 0 spiro atoms. The van der Waals surface area contributed by atoms with Gasteiger partial charge in [-0.2, -0.15) is 8.42 Å². The Morgan fingerprint density at radius 3 is 1.52 bits per heavy atom. The van der Waals surface area contributed by atoms with Gasteiger partial charge in [-0.1, -0.05) is 183 Å². The molecule has 1 aliphatic heterocycles. The SMILES string of the molecule is CC/C=C\C/C=C\C/C=C\C/C=C\C/C=C\CCCCCCCCCCCCOCC(COC1OC(CO)C(O)C(OS(=O)(=O)O)C1O)OC(=O)CCCCCCC/C=C\CCCCCCC. The first-order chi connectivity index (χ1) is 32.6. The Morgan fingerprint density at radius 1 is 0.582 bits per heavy atom. The topological polar surface area (TPSA) is 178 Å². The molecule has 0 saturated carbocycles. The normalized spacial score (nSPS) is 20.0. The van der Waals surface area contributed by atoms with Gasteiger partial charge in [-0.05, 0) is 83.5 Å². The number of carbonyl (C=O) groups is 1. The van der Waals surface area contributed by atoms with Crippen LogP contribution in [0.1, 0.15) is 200 Å². The third-order valence-electron chi connectivity index (χ3n) is 11.6. The summed E-state index contributed by atoms with van der Waals surface area (Å²) in [7, 11) is -5.07. The Balaban J connectivity index is 2.32. The van der Waals surface area contributed by atoms with Crippen molar-refractivity contribution < 1.29 is 56.2 Å². The fraction of sp³-hybridized carbons (Fsp3) is 0.759. The highest BCUT2D eigenvalue weighted by atomic mass is 32.3. The van der Waals surface area contributed by atoms with E-state index in [4.69, 9.17) is 18.9 Å². The Hall–Kier alpha value is -2.46. The number of aliphatic hydroxyl groups is 3. The summed E-state index contributed by atoms with van der Waals surface area (Å²) >= 11 is 0. The standard InChI is InChI=1S/C54H94O12S/c1-3-5-7-9-11-13-15-17-19-20-21-22-23-24-25-26-27-28-29-30-32-34-36-38-40-42-44-62-46-48(47-63-54-52(58)53(66-67(59,60)61)51(57)49(45-55)65-54)64-50(56)43-41-39-37-35-33-31-18-16-14-12-10-8-6-4-2/h5,7,11,13,16-19,21-22,24-25,48-49,51-55,57-58H,3-4,6,8-10,12,14-15,20,23,26-47H2,1-2H3,(H,59,60,61)/b7-5-,13-11-,18-16-,19-17-,22-21-,25-24-. The van der Waals surface area contributed by atoms with Crippen LogP contribution < -0.4 is 0 Å². The molecule has 6 unspecified atom stereocenters. The van der Waals surface area contributed by atoms with Gasteiger partial charge in [-0.25, -0.2) is 4.18 Å². The molecule has 6 atom stereocenters. The molecule has 1 saturated heterocycles. The largest absolute Gasteiger partial charge is 0.457 e. The second-order valence-electron chi connectivity index (χ2n) is 17.7. The van der Waals surface area contributed by atoms with Crippen molar-refractivity contribution in [2.45, 2.75) is 237 Å². The van der Waals surface area contributed by atoms with Crippen LogP contribution >= 0.6 is 0 Å². The van der Waals surface area contributed by atoms with E-state index in [-0.39, 0.29) is 19.6 Å². The molecule has 1 fully saturated rings. The highest BCUT2D eigenvalue weighted by Gasteiger charge is 2.48. The van der Waals surface area contributed by atoms with Gasteiger partial charge in [0.2, 0.25) is 0 Å². The minimum atomic E-state index is -5.07. The van der Waals surface area contributed by atoms with Crippen molar-refractivity contribution in [2.75, 3.05) is 26.4 Å². The lowest BCUT2D eigenvalue weighted by Gasteiger charge is -2.41. The Kier molecular flexibility index (Phi) is 41.8. The molecule has 388 valence electrons. The number of hydrogen-bond acceptors (Lipinski definition) is 11. The van der Waals surface area contributed by atoms with Crippen LogP contribution in [0.25, 0.3) is 0 Å². The predicted molar refractivity (Wildman–Crippen MR) is 271 cm³/mol. The van der Waals surface area contributed by atoms with Crippen LogP contribution in [0.2, 0.25) is 0 Å². The zero-order chi connectivity index (χ0) is 48.9. The number of hydrogen-bond donors (Lipinski definition) is 4. The maximum absolute atomic E-state index is 12.9. The summed E-state index contributed by atoms with van der Waals surface area (Å²) in [6.45, 7) is 3.85. The first-order valence-electron chi connectivity index (χ1n) is 26.2. The van der Waals surface area contributed by atoms with Gasteiger partial charge in [-0.3, -0.25) is 9.35 Å². The van der Waals surface area contributed by atoms with Gasteiger partial charge >= 0.3 is 16.4 Å². The van der Waals surface area contributed by atoms with Crippen LogP contribution in [0.4, 0.5) is 0 Å². The van der Waals surface area contributed by atoms with Crippen LogP contribution in [0.15, 0.2) is 72.9 Å². The van der Waals surface area contributed by atoms with Crippen molar-refractivity contribution in [3.8, 4) is 0 Å². The average Bonchev–Trinajstić information content (AvgIpc) is 3.30. The van der Waals surface area contributed by atoms with Gasteiger partial charge in [0.05, 0.1) is 19.8 Å². The molecule has 0 aromatic heterocycles. The number of rotatable bonds is 45. The van der Waals surface area contributed by atoms with Crippen molar-refractivity contribution in [1.82, 2.24) is 0 Å². The molecule has 1 heterocycles. The molecule has 67 heavy (non-hydrogen) atoms. The zero-order valence-electron chi connectivity index (χ0n) is 41.7. The number of ether oxygens (including phenoxy) is 4. The lowest BCUT2D eigenvalue weighted by molar-refractivity contribution is -0.301. The molecule has 1 aliphatic rings. The molecule has 0 radical (unpaired) electrons. The highest BCUT2D eigenvalue weighted by Crippen LogP contribution is 2.26. The summed E-state index contributed by atoms with van der Waals surface area (Å²) in [4.78, 5) is 12.9. The highest BCUT2D eigenvalue weighted by molar-refractivity contribution is 7.80. The van der Waals surface area contributed by atoms with E-state index in [1.165, 1.54) is 77.0 Å². The van der Waals surface area contributed by atoms with Crippen LogP contribution in [-0.4, -0.2) is 97.5 Å². The average molecular weight is 967 g/mol. The van der Waals surface area contributed by atoms with Gasteiger partial charge in [-0.15, -0.1) is 0 Å². The van der Waals surface area contributed by atoms with E-state index in [0.29, 0.717) is 13.0 Å². The van der Waals surface area contributed by atoms with Crippen LogP contribution in [0.3, 0.4) is 0 Å². The molecule has 1 rings (SSSR count). The summed E-state index contributed by atoms with van der Waals surface area (Å²) < 4.78 is 59.2. The summed E-state index contributed by atoms with van der Waals surface area (Å²) in [6.07, 6.45) is 49.3. The number of allylic oxidation sites excluding steroid dienone is 12. The van der Waals surface area contributed by atoms with E-state index in [0.717, 1.165) is 96.3 Å². The molecule has 4 N–H and O–H groups in total. The van der Waals surface area contributed by atoms with Crippen molar-refractivity contribution in [3.63, 3.8) is 0 Å². The van der Waals surface area contributed by atoms with Gasteiger partial charge in [0.1, 0.15) is 30.5 Å². The fourth-order valence-electron chi connectivity index (χ4n) is 7.64. The van der Waals surface area contributed by atoms with E-state index in [1.54, 1.807) is 0 Å². The predicted octanol–water partition coefficient (Wildman–Crippen LogP) is 12.2.